The number of carbonyl (C=O) groups excluding carboxylic acids is 2. The van der Waals surface area contributed by atoms with Gasteiger partial charge >= 0.3 is 6.09 Å². The zero-order valence-corrected chi connectivity index (χ0v) is 11.1. The van der Waals surface area contributed by atoms with Crippen LogP contribution in [0.3, 0.4) is 0 Å². The van der Waals surface area contributed by atoms with E-state index in [0.29, 0.717) is 17.8 Å². The quantitative estimate of drug-likeness (QED) is 0.660. The van der Waals surface area contributed by atoms with Gasteiger partial charge < -0.3 is 4.74 Å². The number of rotatable bonds is 0. The second kappa shape index (κ2) is 2.91. The Morgan fingerprint density at radius 2 is 1.89 bits per heavy atom. The summed E-state index contributed by atoms with van der Waals surface area (Å²) in [6.07, 6.45) is 2.04. The van der Waals surface area contributed by atoms with Crippen molar-refractivity contribution < 1.29 is 14.3 Å². The Balaban J connectivity index is 1.61. The standard InChI is InChI=1S/C14H19NO3/c1-14(2,3)18-13(17)15-11-7-5-4-6-8(7)10(9(6)11)12(15)16/h6-11H,4-5H2,1-3H3. The van der Waals surface area contributed by atoms with E-state index >= 15 is 0 Å². The van der Waals surface area contributed by atoms with Crippen LogP contribution >= 0.6 is 0 Å². The molecule has 0 aromatic heterocycles. The van der Waals surface area contributed by atoms with Crippen molar-refractivity contribution in [1.82, 2.24) is 4.90 Å². The maximum Gasteiger partial charge on any atom is 0.417 e. The Kier molecular flexibility index (Phi) is 1.75. The number of nitrogens with zero attached hydrogens (tertiary/aromatic N) is 1. The Hall–Kier alpha value is -1.06. The third-order valence-corrected chi connectivity index (χ3v) is 5.39. The zero-order valence-electron chi connectivity index (χ0n) is 11.1. The minimum Gasteiger partial charge on any atom is -0.443 e. The summed E-state index contributed by atoms with van der Waals surface area (Å²) in [6, 6.07) is 0.168. The smallest absolute Gasteiger partial charge is 0.417 e. The van der Waals surface area contributed by atoms with Crippen LogP contribution in [0.1, 0.15) is 33.6 Å². The molecule has 4 saturated carbocycles. The maximum absolute atomic E-state index is 12.3. The highest BCUT2D eigenvalue weighted by Gasteiger charge is 2.78. The largest absolute Gasteiger partial charge is 0.443 e. The van der Waals surface area contributed by atoms with Gasteiger partial charge in [0.2, 0.25) is 5.91 Å². The molecular weight excluding hydrogens is 230 g/mol. The lowest BCUT2D eigenvalue weighted by molar-refractivity contribution is -0.139. The summed E-state index contributed by atoms with van der Waals surface area (Å²) in [7, 11) is 0. The molecule has 4 aliphatic carbocycles. The van der Waals surface area contributed by atoms with Gasteiger partial charge in [0.15, 0.2) is 0 Å². The lowest BCUT2D eigenvalue weighted by Crippen LogP contribution is -2.49. The Morgan fingerprint density at radius 1 is 1.22 bits per heavy atom. The molecule has 0 spiro atoms. The van der Waals surface area contributed by atoms with Crippen molar-refractivity contribution in [1.29, 1.82) is 0 Å². The van der Waals surface area contributed by atoms with Gasteiger partial charge in [-0.2, -0.15) is 0 Å². The summed E-state index contributed by atoms with van der Waals surface area (Å²) >= 11 is 0. The van der Waals surface area contributed by atoms with Crippen LogP contribution < -0.4 is 0 Å². The molecule has 4 heteroatoms. The van der Waals surface area contributed by atoms with Crippen molar-refractivity contribution in [3.05, 3.63) is 0 Å². The van der Waals surface area contributed by atoms with E-state index in [0.717, 1.165) is 5.92 Å². The van der Waals surface area contributed by atoms with Crippen LogP contribution in [0.5, 0.6) is 0 Å². The van der Waals surface area contributed by atoms with Crippen LogP contribution in [-0.2, 0) is 9.53 Å². The number of ether oxygens (including phenoxy) is 1. The summed E-state index contributed by atoms with van der Waals surface area (Å²) < 4.78 is 5.39. The second-order valence-electron chi connectivity index (χ2n) is 7.26. The Morgan fingerprint density at radius 3 is 2.56 bits per heavy atom. The lowest BCUT2D eigenvalue weighted by atomic mass is 9.64. The predicted molar refractivity (Wildman–Crippen MR) is 63.6 cm³/mol. The highest BCUT2D eigenvalue weighted by Crippen LogP contribution is 2.73. The molecule has 6 atom stereocenters. The van der Waals surface area contributed by atoms with Crippen molar-refractivity contribution in [3.8, 4) is 0 Å². The molecule has 4 nitrogen and oxygen atoms in total. The Bertz CT molecular complexity index is 452. The van der Waals surface area contributed by atoms with E-state index in [1.165, 1.54) is 17.7 Å². The minimum atomic E-state index is -0.527. The average molecular weight is 249 g/mol. The van der Waals surface area contributed by atoms with Crippen molar-refractivity contribution in [2.75, 3.05) is 0 Å². The first-order chi connectivity index (χ1) is 8.40. The third-order valence-electron chi connectivity index (χ3n) is 5.39. The molecule has 0 aromatic rings. The van der Waals surface area contributed by atoms with Crippen molar-refractivity contribution in [2.45, 2.75) is 45.3 Å². The molecule has 6 bridgehead atoms. The minimum absolute atomic E-state index is 0.0404. The molecular formula is C14H19NO3. The van der Waals surface area contributed by atoms with Gasteiger partial charge in [-0.25, -0.2) is 9.69 Å². The number of carbonyl (C=O) groups is 2. The molecule has 1 saturated heterocycles. The van der Waals surface area contributed by atoms with Gasteiger partial charge in [-0.05, 0) is 57.3 Å². The van der Waals surface area contributed by atoms with Crippen LogP contribution in [0.2, 0.25) is 0 Å². The molecule has 5 rings (SSSR count). The van der Waals surface area contributed by atoms with Gasteiger partial charge in [-0.15, -0.1) is 0 Å². The maximum atomic E-state index is 12.3. The number of piperidine rings is 1. The van der Waals surface area contributed by atoms with Crippen LogP contribution in [0.15, 0.2) is 0 Å². The predicted octanol–water partition coefficient (Wildman–Crippen LogP) is 2.03. The molecule has 5 aliphatic rings. The normalized spacial score (nSPS) is 47.5. The van der Waals surface area contributed by atoms with E-state index in [2.05, 4.69) is 0 Å². The van der Waals surface area contributed by atoms with Crippen LogP contribution in [0, 0.1) is 29.6 Å². The van der Waals surface area contributed by atoms with Crippen molar-refractivity contribution in [3.63, 3.8) is 0 Å². The number of likely N-dealkylation sites (tertiary alicyclic amines) is 1. The Labute approximate surface area is 107 Å². The summed E-state index contributed by atoms with van der Waals surface area (Å²) in [5.41, 5.74) is -0.527. The van der Waals surface area contributed by atoms with Crippen LogP contribution in [-0.4, -0.2) is 28.5 Å². The first kappa shape index (κ1) is 10.8. The molecule has 5 fully saturated rings. The fourth-order valence-electron chi connectivity index (χ4n) is 5.12. The summed E-state index contributed by atoms with van der Waals surface area (Å²) in [4.78, 5) is 25.9. The molecule has 0 radical (unpaired) electrons. The molecule has 0 aromatic carbocycles. The highest BCUT2D eigenvalue weighted by molar-refractivity contribution is 5.98. The molecule has 2 amide bonds. The molecule has 1 aliphatic heterocycles. The third kappa shape index (κ3) is 1.04. The number of imide groups is 1. The summed E-state index contributed by atoms with van der Waals surface area (Å²) in [5.74, 6) is 2.57. The average Bonchev–Trinajstić information content (AvgIpc) is 2.81. The van der Waals surface area contributed by atoms with E-state index in [4.69, 9.17) is 4.74 Å². The van der Waals surface area contributed by atoms with Crippen molar-refractivity contribution in [2.24, 2.45) is 29.6 Å². The highest BCUT2D eigenvalue weighted by atomic mass is 16.6. The first-order valence-corrected chi connectivity index (χ1v) is 6.96. The zero-order chi connectivity index (χ0) is 12.8. The van der Waals surface area contributed by atoms with Crippen molar-refractivity contribution >= 4 is 12.0 Å². The fourth-order valence-corrected chi connectivity index (χ4v) is 5.12. The van der Waals surface area contributed by atoms with E-state index in [1.807, 2.05) is 20.8 Å². The fraction of sp³-hybridized carbons (Fsp3) is 0.857. The van der Waals surface area contributed by atoms with Gasteiger partial charge in [0.05, 0.1) is 6.04 Å². The molecule has 6 unspecified atom stereocenters. The van der Waals surface area contributed by atoms with E-state index in [-0.39, 0.29) is 17.9 Å². The topological polar surface area (TPSA) is 46.6 Å². The summed E-state index contributed by atoms with van der Waals surface area (Å²) in [5, 5.41) is 0. The van der Waals surface area contributed by atoms with Gasteiger partial charge in [0, 0.05) is 5.92 Å². The molecule has 1 heterocycles. The van der Waals surface area contributed by atoms with E-state index in [1.54, 1.807) is 0 Å². The second-order valence-corrected chi connectivity index (χ2v) is 7.26. The van der Waals surface area contributed by atoms with Gasteiger partial charge in [0.1, 0.15) is 5.60 Å². The molecule has 18 heavy (non-hydrogen) atoms. The number of hydrogen-bond acceptors (Lipinski definition) is 3. The van der Waals surface area contributed by atoms with Crippen LogP contribution in [0.4, 0.5) is 4.79 Å². The number of hydrogen-bond donors (Lipinski definition) is 0. The van der Waals surface area contributed by atoms with Gasteiger partial charge in [0.25, 0.3) is 0 Å². The lowest BCUT2D eigenvalue weighted by Gasteiger charge is -2.38. The van der Waals surface area contributed by atoms with Gasteiger partial charge in [-0.1, -0.05) is 0 Å². The first-order valence-electron chi connectivity index (χ1n) is 6.96. The van der Waals surface area contributed by atoms with Gasteiger partial charge in [-0.3, -0.25) is 4.79 Å². The number of amides is 2. The molecule has 98 valence electrons. The van der Waals surface area contributed by atoms with Crippen LogP contribution in [0.25, 0.3) is 0 Å². The van der Waals surface area contributed by atoms with E-state index in [9.17, 15) is 9.59 Å². The summed E-state index contributed by atoms with van der Waals surface area (Å²) in [6.45, 7) is 5.53. The monoisotopic (exact) mass is 249 g/mol. The van der Waals surface area contributed by atoms with E-state index < -0.39 is 11.7 Å². The molecule has 0 N–H and O–H groups in total. The SMILES string of the molecule is CC(C)(C)OC(=O)N1C(=O)C2C3C4CCC3C1C42.